The number of pyridine rings is 1. The lowest BCUT2D eigenvalue weighted by Crippen LogP contribution is -2.29. The van der Waals surface area contributed by atoms with Crippen molar-refractivity contribution in [3.63, 3.8) is 0 Å². The predicted octanol–water partition coefficient (Wildman–Crippen LogP) is 4.70. The van der Waals surface area contributed by atoms with Gasteiger partial charge in [0.05, 0.1) is 25.7 Å². The molecule has 40 heavy (non-hydrogen) atoms. The van der Waals surface area contributed by atoms with Gasteiger partial charge in [0.15, 0.2) is 17.3 Å². The molecule has 0 fully saturated rings. The summed E-state index contributed by atoms with van der Waals surface area (Å²) >= 11 is 0. The van der Waals surface area contributed by atoms with Crippen LogP contribution in [0.5, 0.6) is 11.5 Å². The average Bonchev–Trinajstić information content (AvgIpc) is 3.32. The van der Waals surface area contributed by atoms with Crippen LogP contribution >= 0.6 is 0 Å². The smallest absolute Gasteiger partial charge is 0.493 e. The molecule has 12 heteroatoms. The average molecular weight is 552 g/mol. The molecule has 0 bridgehead atoms. The van der Waals surface area contributed by atoms with E-state index in [-0.39, 0.29) is 29.6 Å². The number of hydrogen-bond acceptors (Lipinski definition) is 8. The molecule has 0 saturated heterocycles. The second kappa shape index (κ2) is 12.3. The van der Waals surface area contributed by atoms with Crippen LogP contribution in [0.1, 0.15) is 59.1 Å². The standard InChI is InChI=1S/C28H27F2N5O5/c1-5-39-28(37)40-24-21(38-4)14-15-31-23(24)27(36)32-16(2)25-33-26(35(3)34-25)22(17-6-10-19(29)11-7-17)18-8-12-20(30)13-9-18/h6-16,22H,5H2,1-4H3,(H,32,36)/t16-/m0/s1. The molecule has 4 rings (SSSR count). The largest absolute Gasteiger partial charge is 0.514 e. The van der Waals surface area contributed by atoms with Crippen molar-refractivity contribution in [2.75, 3.05) is 13.7 Å². The van der Waals surface area contributed by atoms with Gasteiger partial charge in [0.2, 0.25) is 5.75 Å². The lowest BCUT2D eigenvalue weighted by molar-refractivity contribution is 0.0915. The van der Waals surface area contributed by atoms with Gasteiger partial charge in [0.25, 0.3) is 5.91 Å². The number of amides is 1. The fourth-order valence-electron chi connectivity index (χ4n) is 4.06. The van der Waals surface area contributed by atoms with E-state index >= 15 is 0 Å². The molecule has 0 aliphatic carbocycles. The lowest BCUT2D eigenvalue weighted by atomic mass is 9.90. The summed E-state index contributed by atoms with van der Waals surface area (Å²) in [5.74, 6) is -1.29. The molecule has 208 valence electrons. The third-order valence-corrected chi connectivity index (χ3v) is 5.96. The number of nitrogens with one attached hydrogen (secondary N) is 1. The summed E-state index contributed by atoms with van der Waals surface area (Å²) in [6.45, 7) is 3.36. The first-order chi connectivity index (χ1) is 19.2. The maximum absolute atomic E-state index is 13.7. The summed E-state index contributed by atoms with van der Waals surface area (Å²) in [6, 6.07) is 12.6. The van der Waals surface area contributed by atoms with Crippen molar-refractivity contribution in [2.45, 2.75) is 25.8 Å². The number of aryl methyl sites for hydroxylation is 1. The Morgan fingerprint density at radius 3 is 2.15 bits per heavy atom. The molecule has 1 N–H and O–H groups in total. The van der Waals surface area contributed by atoms with Crippen LogP contribution in [-0.4, -0.2) is 45.5 Å². The summed E-state index contributed by atoms with van der Waals surface area (Å²) in [5, 5.41) is 7.24. The number of hydrogen-bond donors (Lipinski definition) is 1. The first-order valence-electron chi connectivity index (χ1n) is 12.3. The van der Waals surface area contributed by atoms with E-state index in [2.05, 4.69) is 20.4 Å². The summed E-state index contributed by atoms with van der Waals surface area (Å²) in [6.07, 6.45) is 0.323. The zero-order valence-corrected chi connectivity index (χ0v) is 22.2. The van der Waals surface area contributed by atoms with Crippen molar-refractivity contribution in [1.82, 2.24) is 25.1 Å². The van der Waals surface area contributed by atoms with Gasteiger partial charge >= 0.3 is 6.16 Å². The first-order valence-corrected chi connectivity index (χ1v) is 12.3. The molecule has 10 nitrogen and oxygen atoms in total. The Bertz CT molecular complexity index is 1450. The van der Waals surface area contributed by atoms with Crippen LogP contribution in [0, 0.1) is 11.6 Å². The zero-order chi connectivity index (χ0) is 28.8. The maximum atomic E-state index is 13.7. The normalized spacial score (nSPS) is 11.7. The van der Waals surface area contributed by atoms with E-state index in [1.807, 2.05) is 0 Å². The van der Waals surface area contributed by atoms with Crippen molar-refractivity contribution in [3.05, 3.63) is 101 Å². The van der Waals surface area contributed by atoms with E-state index in [1.165, 1.54) is 43.6 Å². The number of carbonyl (C=O) groups is 2. The number of ether oxygens (including phenoxy) is 3. The van der Waals surface area contributed by atoms with Crippen LogP contribution in [0.25, 0.3) is 0 Å². The highest BCUT2D eigenvalue weighted by Gasteiger charge is 2.27. The molecule has 0 unspecified atom stereocenters. The Morgan fingerprint density at radius 1 is 1.00 bits per heavy atom. The van der Waals surface area contributed by atoms with E-state index in [0.29, 0.717) is 17.0 Å². The van der Waals surface area contributed by atoms with Crippen LogP contribution < -0.4 is 14.8 Å². The topological polar surface area (TPSA) is 117 Å². The molecule has 0 saturated carbocycles. The maximum Gasteiger partial charge on any atom is 0.514 e. The van der Waals surface area contributed by atoms with Gasteiger partial charge in [-0.1, -0.05) is 24.3 Å². The number of halogens is 2. The van der Waals surface area contributed by atoms with E-state index in [9.17, 15) is 18.4 Å². The second-order valence-corrected chi connectivity index (χ2v) is 8.66. The minimum atomic E-state index is -1.01. The molecule has 2 heterocycles. The summed E-state index contributed by atoms with van der Waals surface area (Å²) in [7, 11) is 3.05. The van der Waals surface area contributed by atoms with E-state index in [0.717, 1.165) is 0 Å². The Labute approximate surface area is 228 Å². The molecule has 1 atom stereocenters. The molecule has 2 aromatic heterocycles. The Kier molecular flexibility index (Phi) is 8.67. The molecule has 0 aliphatic heterocycles. The Hall–Kier alpha value is -4.87. The molecular formula is C28H27F2N5O5. The number of methoxy groups -OCH3 is 1. The van der Waals surface area contributed by atoms with Gasteiger partial charge in [-0.05, 0) is 49.2 Å². The summed E-state index contributed by atoms with van der Waals surface area (Å²) < 4.78 is 44.1. The highest BCUT2D eigenvalue weighted by Crippen LogP contribution is 2.32. The number of nitrogens with zero attached hydrogens (tertiary/aromatic N) is 4. The minimum absolute atomic E-state index is 0.0739. The molecule has 0 aliphatic rings. The number of rotatable bonds is 9. The molecule has 1 amide bonds. The lowest BCUT2D eigenvalue weighted by Gasteiger charge is -2.17. The van der Waals surface area contributed by atoms with Gasteiger partial charge in [0, 0.05) is 19.3 Å². The van der Waals surface area contributed by atoms with Crippen LogP contribution in [0.15, 0.2) is 60.8 Å². The molecule has 4 aromatic rings. The number of carbonyl (C=O) groups excluding carboxylic acids is 2. The summed E-state index contributed by atoms with van der Waals surface area (Å²) in [5.41, 5.74) is 1.23. The monoisotopic (exact) mass is 551 g/mol. The van der Waals surface area contributed by atoms with Gasteiger partial charge in [-0.25, -0.2) is 23.5 Å². The summed E-state index contributed by atoms with van der Waals surface area (Å²) in [4.78, 5) is 33.9. The van der Waals surface area contributed by atoms with E-state index in [4.69, 9.17) is 14.2 Å². The SMILES string of the molecule is CCOC(=O)Oc1c(OC)ccnc1C(=O)N[C@@H](C)c1nc(C(c2ccc(F)cc2)c2ccc(F)cc2)n(C)n1. The Morgan fingerprint density at radius 2 is 1.60 bits per heavy atom. The van der Waals surface area contributed by atoms with Crippen molar-refractivity contribution >= 4 is 12.1 Å². The quantitative estimate of drug-likeness (QED) is 0.298. The van der Waals surface area contributed by atoms with Gasteiger partial charge in [0.1, 0.15) is 17.5 Å². The van der Waals surface area contributed by atoms with Gasteiger partial charge in [-0.2, -0.15) is 5.10 Å². The van der Waals surface area contributed by atoms with E-state index in [1.54, 1.807) is 49.8 Å². The first kappa shape index (κ1) is 28.1. The van der Waals surface area contributed by atoms with Crippen molar-refractivity contribution in [2.24, 2.45) is 7.05 Å². The molecule has 0 radical (unpaired) electrons. The van der Waals surface area contributed by atoms with E-state index < -0.39 is 35.7 Å². The van der Waals surface area contributed by atoms with Crippen molar-refractivity contribution in [3.8, 4) is 11.5 Å². The van der Waals surface area contributed by atoms with Crippen LogP contribution in [0.4, 0.5) is 13.6 Å². The van der Waals surface area contributed by atoms with Crippen molar-refractivity contribution < 1.29 is 32.6 Å². The highest BCUT2D eigenvalue weighted by atomic mass is 19.1. The third-order valence-electron chi connectivity index (χ3n) is 5.96. The van der Waals surface area contributed by atoms with Gasteiger partial charge in [-0.3, -0.25) is 9.48 Å². The van der Waals surface area contributed by atoms with Gasteiger partial charge < -0.3 is 19.5 Å². The van der Waals surface area contributed by atoms with Crippen LogP contribution in [0.2, 0.25) is 0 Å². The van der Waals surface area contributed by atoms with Crippen molar-refractivity contribution in [1.29, 1.82) is 0 Å². The molecule has 2 aromatic carbocycles. The minimum Gasteiger partial charge on any atom is -0.493 e. The number of aromatic nitrogens is 4. The second-order valence-electron chi connectivity index (χ2n) is 8.66. The number of benzene rings is 2. The van der Waals surface area contributed by atoms with Gasteiger partial charge in [-0.15, -0.1) is 0 Å². The zero-order valence-electron chi connectivity index (χ0n) is 22.2. The highest BCUT2D eigenvalue weighted by molar-refractivity contribution is 5.96. The Balaban J connectivity index is 1.64. The van der Waals surface area contributed by atoms with Crippen LogP contribution in [-0.2, 0) is 11.8 Å². The molecular weight excluding hydrogens is 524 g/mol. The fraction of sp³-hybridized carbons (Fsp3) is 0.250. The molecule has 0 spiro atoms. The van der Waals surface area contributed by atoms with Crippen LogP contribution in [0.3, 0.4) is 0 Å². The predicted molar refractivity (Wildman–Crippen MR) is 139 cm³/mol. The fourth-order valence-corrected chi connectivity index (χ4v) is 4.06. The third kappa shape index (κ3) is 6.22.